The number of rotatable bonds is 9. The predicted molar refractivity (Wildman–Crippen MR) is 310 cm³/mol. The first-order chi connectivity index (χ1) is 32.7. The number of aryl methyl sites for hydroxylation is 2. The van der Waals surface area contributed by atoms with Gasteiger partial charge in [-0.3, -0.25) is 0 Å². The van der Waals surface area contributed by atoms with Crippen molar-refractivity contribution in [1.82, 2.24) is 0 Å². The van der Waals surface area contributed by atoms with E-state index in [0.29, 0.717) is 0 Å². The molecule has 6 aromatic carbocycles. The molecule has 0 nitrogen and oxygen atoms in total. The normalized spacial score (nSPS) is 17.7. The third-order valence-electron chi connectivity index (χ3n) is 16.7. The number of benzene rings is 6. The zero-order chi connectivity index (χ0) is 50.7. The van der Waals surface area contributed by atoms with E-state index in [1.807, 2.05) is 0 Å². The van der Waals surface area contributed by atoms with Crippen molar-refractivity contribution in [3.05, 3.63) is 170 Å². The van der Waals surface area contributed by atoms with Crippen LogP contribution in [0.4, 0.5) is 0 Å². The minimum atomic E-state index is -5.76. The van der Waals surface area contributed by atoms with Gasteiger partial charge in [-0.25, -0.2) is 0 Å². The van der Waals surface area contributed by atoms with E-state index >= 15 is 0 Å². The van der Waals surface area contributed by atoms with E-state index in [0.717, 1.165) is 25.7 Å². The molecule has 0 bridgehead atoms. The Labute approximate surface area is 433 Å². The number of allylic oxidation sites excluding steroid dienone is 2. The number of halogens is 2. The summed E-state index contributed by atoms with van der Waals surface area (Å²) >= 11 is -5.76. The average molecular weight is 1060 g/mol. The predicted octanol–water partition coefficient (Wildman–Crippen LogP) is 17.2. The van der Waals surface area contributed by atoms with Crippen LogP contribution in [0.15, 0.2) is 114 Å². The third kappa shape index (κ3) is 8.44. The summed E-state index contributed by atoms with van der Waals surface area (Å²) in [5.41, 5.74) is 24.4. The van der Waals surface area contributed by atoms with Crippen molar-refractivity contribution in [2.24, 2.45) is 0 Å². The van der Waals surface area contributed by atoms with Crippen LogP contribution in [0.25, 0.3) is 45.5 Å². The molecule has 0 saturated heterocycles. The van der Waals surface area contributed by atoms with Crippen molar-refractivity contribution in [3.63, 3.8) is 0 Å². The fourth-order valence-electron chi connectivity index (χ4n) is 12.6. The summed E-state index contributed by atoms with van der Waals surface area (Å²) in [6, 6.07) is 40.9. The summed E-state index contributed by atoms with van der Waals surface area (Å²) in [4.78, 5) is 0. The molecule has 0 N–H and O–H groups in total. The summed E-state index contributed by atoms with van der Waals surface area (Å²) in [6.45, 7) is 37.6. The van der Waals surface area contributed by atoms with Crippen LogP contribution in [0, 0.1) is 0 Å². The first-order valence-electron chi connectivity index (χ1n) is 26.6. The van der Waals surface area contributed by atoms with E-state index in [1.165, 1.54) is 114 Å². The Morgan fingerprint density at radius 1 is 0.457 bits per heavy atom. The summed E-state index contributed by atoms with van der Waals surface area (Å²) in [5, 5.41) is 2.97. The van der Waals surface area contributed by atoms with Crippen LogP contribution in [-0.2, 0) is 50.9 Å². The first kappa shape index (κ1) is 51.4. The quantitative estimate of drug-likeness (QED) is 0.126. The molecular weight excluding hydrogens is 983 g/mol. The van der Waals surface area contributed by atoms with Crippen molar-refractivity contribution in [2.75, 3.05) is 0 Å². The standard InChI is InChI=1S/2C27H35.C12H9Si.2ClH.Zr/c2*1-9-18-13-20-12-11-19(10-2)25(24(20)14-18)21-15-22(26(3,4)5)17-23(16-21)27(6,7)8;1-3-7-11-9(5-1)10-6-2-4-8-12(10)13-11;;;/h2*11-17H,9-10H2,1-8H3;1-7H,13H2;2*1H;/q;;;;;+2/p-2. The molecular formula is C66H79Cl2SiZr. The fourth-order valence-corrected chi connectivity index (χ4v) is 40.9. The Morgan fingerprint density at radius 2 is 0.857 bits per heavy atom. The van der Waals surface area contributed by atoms with Gasteiger partial charge in [-0.15, -0.1) is 0 Å². The topological polar surface area (TPSA) is 0 Å². The summed E-state index contributed by atoms with van der Waals surface area (Å²) < 4.78 is 1.06. The molecule has 6 aromatic rings. The monoisotopic (exact) mass is 1060 g/mol. The molecule has 365 valence electrons. The van der Waals surface area contributed by atoms with Crippen molar-refractivity contribution in [2.45, 2.75) is 165 Å². The maximum absolute atomic E-state index is 9.56. The van der Waals surface area contributed by atoms with Crippen LogP contribution in [0.2, 0.25) is 0 Å². The minimum absolute atomic E-state index is 0.0119. The van der Waals surface area contributed by atoms with Gasteiger partial charge in [-0.2, -0.15) is 0 Å². The summed E-state index contributed by atoms with van der Waals surface area (Å²) in [5.74, 6) is 0. The third-order valence-corrected chi connectivity index (χ3v) is 39.5. The van der Waals surface area contributed by atoms with Gasteiger partial charge in [-0.1, -0.05) is 0 Å². The van der Waals surface area contributed by atoms with E-state index < -0.39 is 25.9 Å². The van der Waals surface area contributed by atoms with Gasteiger partial charge in [0, 0.05) is 0 Å². The van der Waals surface area contributed by atoms with E-state index in [9.17, 15) is 17.0 Å². The second-order valence-electron chi connectivity index (χ2n) is 25.3. The van der Waals surface area contributed by atoms with E-state index in [-0.39, 0.29) is 28.9 Å². The van der Waals surface area contributed by atoms with Gasteiger partial charge in [0.25, 0.3) is 0 Å². The second kappa shape index (κ2) is 17.9. The fraction of sp³-hybridized carbons (Fsp3) is 0.394. The molecule has 0 amide bonds. The molecule has 0 fully saturated rings. The summed E-state index contributed by atoms with van der Waals surface area (Å²) in [6.07, 6.45) is 8.79. The van der Waals surface area contributed by atoms with Crippen LogP contribution in [0.1, 0.15) is 187 Å². The molecule has 2 atom stereocenters. The van der Waals surface area contributed by atoms with Gasteiger partial charge in [0.05, 0.1) is 0 Å². The van der Waals surface area contributed by atoms with Crippen LogP contribution >= 0.6 is 17.0 Å². The van der Waals surface area contributed by atoms with Gasteiger partial charge in [-0.05, 0) is 0 Å². The number of hydrogen-bond donors (Lipinski definition) is 0. The van der Waals surface area contributed by atoms with Crippen LogP contribution in [0.3, 0.4) is 0 Å². The molecule has 0 spiro atoms. The molecule has 0 aromatic heterocycles. The first-order valence-corrected chi connectivity index (χ1v) is 38.4. The van der Waals surface area contributed by atoms with Crippen LogP contribution in [-0.4, -0.2) is 9.52 Å². The van der Waals surface area contributed by atoms with Gasteiger partial charge >= 0.3 is 437 Å². The van der Waals surface area contributed by atoms with E-state index in [2.05, 4.69) is 226 Å². The SMILES string of the molecule is CCC1=Cc2c(ccc(CC)c2-c2cc(C(C)(C)C)cc(C(C)(C)C)c2)[CH]1[Zr]([Cl])([Cl])([c]1cccc2c1[SiH2]c1ccccc1-2)[CH]1C(CC)=Cc2c1ccc(CC)c2-c1cc(C(C)(C)C)cc(C(C)(C)C)c1. The molecule has 4 heteroatoms. The van der Waals surface area contributed by atoms with Crippen LogP contribution < -0.4 is 13.6 Å². The van der Waals surface area contributed by atoms with Crippen LogP contribution in [0.5, 0.6) is 0 Å². The van der Waals surface area contributed by atoms with Crippen molar-refractivity contribution in [3.8, 4) is 33.4 Å². The van der Waals surface area contributed by atoms with Gasteiger partial charge in [0.15, 0.2) is 0 Å². The van der Waals surface area contributed by atoms with Crippen molar-refractivity contribution >= 4 is 52.3 Å². The molecule has 1 heterocycles. The number of fused-ring (bicyclic) bond motifs is 5. The second-order valence-corrected chi connectivity index (χ2v) is 47.8. The number of hydrogen-bond acceptors (Lipinski definition) is 0. The summed E-state index contributed by atoms with van der Waals surface area (Å²) in [7, 11) is 18.2. The Balaban J connectivity index is 1.38. The molecule has 2 aliphatic carbocycles. The molecule has 3 aliphatic rings. The molecule has 1 aliphatic heterocycles. The Morgan fingerprint density at radius 3 is 1.24 bits per heavy atom. The van der Waals surface area contributed by atoms with Crippen molar-refractivity contribution < 1.29 is 16.4 Å². The molecule has 0 radical (unpaired) electrons. The molecule has 9 rings (SSSR count). The zero-order valence-corrected chi connectivity index (χ0v) is 50.8. The Hall–Kier alpha value is -3.52. The van der Waals surface area contributed by atoms with Gasteiger partial charge in [0.1, 0.15) is 0 Å². The Bertz CT molecular complexity index is 2920. The van der Waals surface area contributed by atoms with Crippen molar-refractivity contribution in [1.29, 1.82) is 0 Å². The zero-order valence-electron chi connectivity index (χ0n) is 45.4. The van der Waals surface area contributed by atoms with Gasteiger partial charge in [0.2, 0.25) is 0 Å². The van der Waals surface area contributed by atoms with Gasteiger partial charge < -0.3 is 0 Å². The Kier molecular flexibility index (Phi) is 13.1. The maximum atomic E-state index is 9.56. The molecule has 0 saturated carbocycles. The van der Waals surface area contributed by atoms with E-state index in [1.54, 1.807) is 0 Å². The molecule has 2 unspecified atom stereocenters. The molecule has 70 heavy (non-hydrogen) atoms. The average Bonchev–Trinajstić information content (AvgIpc) is 4.01. The van der Waals surface area contributed by atoms with E-state index in [4.69, 9.17) is 0 Å².